The molecular weight excluding hydrogens is 400 g/mol. The minimum absolute atomic E-state index is 0.0884. The van der Waals surface area contributed by atoms with Crippen molar-refractivity contribution in [2.45, 2.75) is 12.5 Å². The minimum Gasteiger partial charge on any atom is -0.478 e. The number of rotatable bonds is 6. The number of benzene rings is 2. The van der Waals surface area contributed by atoms with Gasteiger partial charge in [0.2, 0.25) is 0 Å². The van der Waals surface area contributed by atoms with Crippen LogP contribution in [0, 0.1) is 0 Å². The molecule has 1 aromatic heterocycles. The molecule has 0 spiro atoms. The zero-order chi connectivity index (χ0) is 21.1. The number of carbonyl (C=O) groups is 1. The topological polar surface area (TPSA) is 77.5 Å². The molecule has 0 fully saturated rings. The van der Waals surface area contributed by atoms with Crippen molar-refractivity contribution in [2.75, 3.05) is 30.4 Å². The van der Waals surface area contributed by atoms with Gasteiger partial charge in [-0.1, -0.05) is 17.7 Å². The number of anilines is 3. The van der Waals surface area contributed by atoms with Crippen LogP contribution in [-0.2, 0) is 6.42 Å². The zero-order valence-electron chi connectivity index (χ0n) is 16.6. The third kappa shape index (κ3) is 4.25. The number of pyridine rings is 1. The second-order valence-electron chi connectivity index (χ2n) is 7.28. The van der Waals surface area contributed by atoms with E-state index >= 15 is 0 Å². The highest BCUT2D eigenvalue weighted by Gasteiger charge is 2.21. The van der Waals surface area contributed by atoms with Gasteiger partial charge in [0.25, 0.3) is 0 Å². The lowest BCUT2D eigenvalue weighted by atomic mass is 9.93. The molecule has 0 radical (unpaired) electrons. The standard InChI is InChI=1S/C23H23ClN4O2/c1-28(17-4-2-16(24)3-5-17)18-6-7-19-15(12-18)8-11-26-22(19)14-27-21-13-25-10-9-20(21)23(29)30/h2-7,9-10,12-13,22,26-27H,8,11,14H2,1H3,(H,29,30)/t22-/m0/s1. The summed E-state index contributed by atoms with van der Waals surface area (Å²) in [5.41, 5.74) is 5.46. The van der Waals surface area contributed by atoms with Crippen molar-refractivity contribution in [2.24, 2.45) is 0 Å². The van der Waals surface area contributed by atoms with Gasteiger partial charge in [-0.15, -0.1) is 0 Å². The van der Waals surface area contributed by atoms with Crippen LogP contribution < -0.4 is 15.5 Å². The smallest absolute Gasteiger partial charge is 0.337 e. The van der Waals surface area contributed by atoms with E-state index in [9.17, 15) is 9.90 Å². The first kappa shape index (κ1) is 20.2. The number of halogens is 1. The summed E-state index contributed by atoms with van der Waals surface area (Å²) < 4.78 is 0. The van der Waals surface area contributed by atoms with Gasteiger partial charge in [0.05, 0.1) is 17.4 Å². The first-order valence-electron chi connectivity index (χ1n) is 9.79. The fourth-order valence-electron chi connectivity index (χ4n) is 3.78. The molecule has 6 nitrogen and oxygen atoms in total. The number of aromatic carboxylic acids is 1. The van der Waals surface area contributed by atoms with Gasteiger partial charge >= 0.3 is 5.97 Å². The largest absolute Gasteiger partial charge is 0.478 e. The summed E-state index contributed by atoms with van der Waals surface area (Å²) in [5.74, 6) is -0.966. The lowest BCUT2D eigenvalue weighted by Crippen LogP contribution is -2.34. The highest BCUT2D eigenvalue weighted by Crippen LogP contribution is 2.31. The van der Waals surface area contributed by atoms with Gasteiger partial charge in [0.1, 0.15) is 0 Å². The Kier molecular flexibility index (Phi) is 5.88. The molecule has 0 bridgehead atoms. The summed E-state index contributed by atoms with van der Waals surface area (Å²) in [7, 11) is 2.04. The van der Waals surface area contributed by atoms with E-state index in [0.29, 0.717) is 12.2 Å². The van der Waals surface area contributed by atoms with Gasteiger partial charge in [-0.2, -0.15) is 0 Å². The van der Waals surface area contributed by atoms with E-state index in [4.69, 9.17) is 11.6 Å². The maximum absolute atomic E-state index is 11.4. The van der Waals surface area contributed by atoms with Crippen LogP contribution in [0.15, 0.2) is 60.9 Å². The first-order valence-corrected chi connectivity index (χ1v) is 10.2. The molecule has 154 valence electrons. The van der Waals surface area contributed by atoms with E-state index in [1.807, 2.05) is 31.3 Å². The Bertz CT molecular complexity index is 1060. The van der Waals surface area contributed by atoms with Crippen LogP contribution in [0.1, 0.15) is 27.5 Å². The van der Waals surface area contributed by atoms with E-state index in [-0.39, 0.29) is 11.6 Å². The minimum atomic E-state index is -0.966. The molecule has 0 amide bonds. The first-order chi connectivity index (χ1) is 14.5. The summed E-state index contributed by atoms with van der Waals surface area (Å²) in [6.45, 7) is 1.44. The molecule has 0 aliphatic carbocycles. The number of hydrogen-bond donors (Lipinski definition) is 3. The van der Waals surface area contributed by atoms with Gasteiger partial charge in [-0.25, -0.2) is 4.79 Å². The van der Waals surface area contributed by atoms with Gasteiger partial charge in [0, 0.05) is 42.2 Å². The Morgan fingerprint density at radius 2 is 2.00 bits per heavy atom. The van der Waals surface area contributed by atoms with Crippen molar-refractivity contribution >= 4 is 34.6 Å². The summed E-state index contributed by atoms with van der Waals surface area (Å²) in [4.78, 5) is 17.6. The molecule has 1 atom stereocenters. The monoisotopic (exact) mass is 422 g/mol. The van der Waals surface area contributed by atoms with E-state index in [1.165, 1.54) is 23.4 Å². The summed E-state index contributed by atoms with van der Waals surface area (Å²) >= 11 is 6.01. The summed E-state index contributed by atoms with van der Waals surface area (Å²) in [5, 5.41) is 16.8. The molecular formula is C23H23ClN4O2. The second-order valence-corrected chi connectivity index (χ2v) is 7.72. The molecule has 1 aliphatic heterocycles. The van der Waals surface area contributed by atoms with Crippen molar-refractivity contribution in [3.05, 3.63) is 82.6 Å². The molecule has 0 saturated heterocycles. The zero-order valence-corrected chi connectivity index (χ0v) is 17.4. The van der Waals surface area contributed by atoms with Crippen LogP contribution in [-0.4, -0.2) is 36.2 Å². The highest BCUT2D eigenvalue weighted by atomic mass is 35.5. The van der Waals surface area contributed by atoms with Crippen LogP contribution in [0.5, 0.6) is 0 Å². The Hall–Kier alpha value is -3.09. The molecule has 0 unspecified atom stereocenters. The van der Waals surface area contributed by atoms with Crippen molar-refractivity contribution in [3.63, 3.8) is 0 Å². The van der Waals surface area contributed by atoms with Gasteiger partial charge < -0.3 is 20.6 Å². The highest BCUT2D eigenvalue weighted by molar-refractivity contribution is 6.30. The SMILES string of the molecule is CN(c1ccc(Cl)cc1)c1ccc2c(c1)CCN[C@H]2CNc1cnccc1C(=O)O. The lowest BCUT2D eigenvalue weighted by molar-refractivity contribution is 0.0697. The molecule has 3 aromatic rings. The maximum atomic E-state index is 11.4. The molecule has 0 saturated carbocycles. The van der Waals surface area contributed by atoms with Crippen LogP contribution in [0.4, 0.5) is 17.1 Å². The third-order valence-electron chi connectivity index (χ3n) is 5.44. The third-order valence-corrected chi connectivity index (χ3v) is 5.69. The molecule has 7 heteroatoms. The summed E-state index contributed by atoms with van der Waals surface area (Å²) in [6.07, 6.45) is 3.99. The Labute approximate surface area is 180 Å². The van der Waals surface area contributed by atoms with Crippen LogP contribution in [0.25, 0.3) is 0 Å². The predicted molar refractivity (Wildman–Crippen MR) is 120 cm³/mol. The number of carboxylic acid groups (broad SMARTS) is 1. The van der Waals surface area contributed by atoms with Crippen molar-refractivity contribution in [1.82, 2.24) is 10.3 Å². The molecule has 2 heterocycles. The van der Waals surface area contributed by atoms with Crippen molar-refractivity contribution < 1.29 is 9.90 Å². The molecule has 2 aromatic carbocycles. The number of nitrogens with one attached hydrogen (secondary N) is 2. The Morgan fingerprint density at radius 1 is 1.23 bits per heavy atom. The fraction of sp³-hybridized carbons (Fsp3) is 0.217. The molecule has 3 N–H and O–H groups in total. The van der Waals surface area contributed by atoms with Crippen LogP contribution in [0.3, 0.4) is 0 Å². The maximum Gasteiger partial charge on any atom is 0.337 e. The average Bonchev–Trinajstić information content (AvgIpc) is 2.77. The normalized spacial score (nSPS) is 15.3. The van der Waals surface area contributed by atoms with Gasteiger partial charge in [-0.3, -0.25) is 4.98 Å². The lowest BCUT2D eigenvalue weighted by Gasteiger charge is -2.29. The number of fused-ring (bicyclic) bond motifs is 1. The van der Waals surface area contributed by atoms with E-state index in [1.54, 1.807) is 6.20 Å². The van der Waals surface area contributed by atoms with Crippen LogP contribution >= 0.6 is 11.6 Å². The van der Waals surface area contributed by atoms with Crippen molar-refractivity contribution in [1.29, 1.82) is 0 Å². The van der Waals surface area contributed by atoms with Crippen molar-refractivity contribution in [3.8, 4) is 0 Å². The van der Waals surface area contributed by atoms with E-state index in [2.05, 4.69) is 38.7 Å². The molecule has 1 aliphatic rings. The second kappa shape index (κ2) is 8.73. The summed E-state index contributed by atoms with van der Waals surface area (Å²) in [6, 6.07) is 15.9. The number of hydrogen-bond acceptors (Lipinski definition) is 5. The Morgan fingerprint density at radius 3 is 2.77 bits per heavy atom. The van der Waals surface area contributed by atoms with Gasteiger partial charge in [0.15, 0.2) is 0 Å². The average molecular weight is 423 g/mol. The molecule has 4 rings (SSSR count). The predicted octanol–water partition coefficient (Wildman–Crippen LogP) is 4.50. The Balaban J connectivity index is 1.52. The van der Waals surface area contributed by atoms with E-state index in [0.717, 1.165) is 29.4 Å². The molecule has 30 heavy (non-hydrogen) atoms. The fourth-order valence-corrected chi connectivity index (χ4v) is 3.90. The van der Waals surface area contributed by atoms with E-state index < -0.39 is 5.97 Å². The van der Waals surface area contributed by atoms with Gasteiger partial charge in [-0.05, 0) is 66.6 Å². The number of nitrogens with zero attached hydrogens (tertiary/aromatic N) is 2. The number of carboxylic acids is 1. The number of aromatic nitrogens is 1. The van der Waals surface area contributed by atoms with Crippen LogP contribution in [0.2, 0.25) is 5.02 Å². The quantitative estimate of drug-likeness (QED) is 0.543.